The molecular formula is C18H23N5. The maximum Gasteiger partial charge on any atom is 0.163 e. The van der Waals surface area contributed by atoms with Crippen molar-refractivity contribution in [3.63, 3.8) is 0 Å². The second-order valence-corrected chi connectivity index (χ2v) is 5.89. The summed E-state index contributed by atoms with van der Waals surface area (Å²) in [5.74, 6) is 2.21. The maximum absolute atomic E-state index is 4.71. The van der Waals surface area contributed by atoms with Gasteiger partial charge in [0.2, 0.25) is 0 Å². The van der Waals surface area contributed by atoms with E-state index in [2.05, 4.69) is 48.6 Å². The summed E-state index contributed by atoms with van der Waals surface area (Å²) in [5, 5.41) is 11.3. The first-order chi connectivity index (χ1) is 11.2. The first-order valence-electron chi connectivity index (χ1n) is 8.09. The zero-order valence-corrected chi connectivity index (χ0v) is 13.9. The van der Waals surface area contributed by atoms with Gasteiger partial charge in [-0.15, -0.1) is 0 Å². The molecule has 3 aromatic rings. The molecule has 0 saturated heterocycles. The number of fused-ring (bicyclic) bond motifs is 1. The van der Waals surface area contributed by atoms with Crippen molar-refractivity contribution in [2.75, 3.05) is 17.2 Å². The normalized spacial score (nSPS) is 11.1. The van der Waals surface area contributed by atoms with Crippen LogP contribution >= 0.6 is 0 Å². The number of nitrogens with zero attached hydrogens (tertiary/aromatic N) is 3. The number of nitrogens with one attached hydrogen (secondary N) is 2. The SMILES string of the molecule is CCNc1cc(NCc2ccccc2)n2ncc(C(C)C)c2n1. The molecule has 23 heavy (non-hydrogen) atoms. The fourth-order valence-corrected chi connectivity index (χ4v) is 2.57. The van der Waals surface area contributed by atoms with Crippen molar-refractivity contribution in [3.8, 4) is 0 Å². The molecule has 3 rings (SSSR count). The molecule has 0 fully saturated rings. The van der Waals surface area contributed by atoms with Crippen LogP contribution in [0.1, 0.15) is 37.8 Å². The van der Waals surface area contributed by atoms with Crippen LogP contribution in [0.15, 0.2) is 42.6 Å². The van der Waals surface area contributed by atoms with Crippen LogP contribution < -0.4 is 10.6 Å². The minimum Gasteiger partial charge on any atom is -0.370 e. The Morgan fingerprint density at radius 2 is 1.91 bits per heavy atom. The minimum absolute atomic E-state index is 0.388. The van der Waals surface area contributed by atoms with Crippen LogP contribution in [0.5, 0.6) is 0 Å². The average Bonchev–Trinajstić information content (AvgIpc) is 2.98. The highest BCUT2D eigenvalue weighted by molar-refractivity contribution is 5.61. The first kappa shape index (κ1) is 15.3. The molecule has 0 aliphatic heterocycles. The highest BCUT2D eigenvalue weighted by Crippen LogP contribution is 2.24. The van der Waals surface area contributed by atoms with E-state index in [1.165, 1.54) is 5.56 Å². The molecule has 5 heteroatoms. The molecule has 0 aliphatic carbocycles. The molecule has 0 radical (unpaired) electrons. The molecule has 0 saturated carbocycles. The van der Waals surface area contributed by atoms with E-state index in [1.54, 1.807) is 0 Å². The number of aromatic nitrogens is 3. The van der Waals surface area contributed by atoms with Crippen LogP contribution in [0.25, 0.3) is 5.65 Å². The van der Waals surface area contributed by atoms with Crippen molar-refractivity contribution in [3.05, 3.63) is 53.7 Å². The Labute approximate surface area is 136 Å². The van der Waals surface area contributed by atoms with Crippen LogP contribution in [-0.4, -0.2) is 21.1 Å². The largest absolute Gasteiger partial charge is 0.370 e. The molecule has 0 unspecified atom stereocenters. The van der Waals surface area contributed by atoms with Crippen LogP contribution in [0.2, 0.25) is 0 Å². The number of anilines is 2. The van der Waals surface area contributed by atoms with Gasteiger partial charge in [-0.2, -0.15) is 9.61 Å². The molecule has 120 valence electrons. The lowest BCUT2D eigenvalue weighted by Crippen LogP contribution is -2.09. The Hall–Kier alpha value is -2.56. The third-order valence-electron chi connectivity index (χ3n) is 3.80. The van der Waals surface area contributed by atoms with Crippen LogP contribution in [0.4, 0.5) is 11.6 Å². The molecule has 0 atom stereocenters. The molecule has 2 N–H and O–H groups in total. The van der Waals surface area contributed by atoms with E-state index in [4.69, 9.17) is 4.98 Å². The number of benzene rings is 1. The molecule has 0 bridgehead atoms. The quantitative estimate of drug-likeness (QED) is 0.725. The van der Waals surface area contributed by atoms with E-state index in [9.17, 15) is 0 Å². The van der Waals surface area contributed by atoms with E-state index in [0.717, 1.165) is 35.9 Å². The third kappa shape index (κ3) is 3.28. The summed E-state index contributed by atoms with van der Waals surface area (Å²) < 4.78 is 1.89. The first-order valence-corrected chi connectivity index (χ1v) is 8.09. The van der Waals surface area contributed by atoms with Gasteiger partial charge in [0.05, 0.1) is 6.20 Å². The molecule has 2 heterocycles. The summed E-state index contributed by atoms with van der Waals surface area (Å²) >= 11 is 0. The second kappa shape index (κ2) is 6.69. The van der Waals surface area contributed by atoms with Gasteiger partial charge in [-0.1, -0.05) is 44.2 Å². The van der Waals surface area contributed by atoms with E-state index >= 15 is 0 Å². The summed E-state index contributed by atoms with van der Waals surface area (Å²) in [4.78, 5) is 4.71. The molecule has 2 aromatic heterocycles. The summed E-state index contributed by atoms with van der Waals surface area (Å²) in [6, 6.07) is 12.4. The second-order valence-electron chi connectivity index (χ2n) is 5.89. The average molecular weight is 309 g/mol. The van der Waals surface area contributed by atoms with Gasteiger partial charge >= 0.3 is 0 Å². The van der Waals surface area contributed by atoms with E-state index in [0.29, 0.717) is 5.92 Å². The fraction of sp³-hybridized carbons (Fsp3) is 0.333. The number of hydrogen-bond donors (Lipinski definition) is 2. The Bertz CT molecular complexity index is 777. The third-order valence-corrected chi connectivity index (χ3v) is 3.80. The van der Waals surface area contributed by atoms with E-state index in [1.807, 2.05) is 35.0 Å². The molecular weight excluding hydrogens is 286 g/mol. The predicted molar refractivity (Wildman–Crippen MR) is 95.0 cm³/mol. The molecule has 0 spiro atoms. The Morgan fingerprint density at radius 1 is 1.13 bits per heavy atom. The van der Waals surface area contributed by atoms with Crippen molar-refractivity contribution in [1.29, 1.82) is 0 Å². The highest BCUT2D eigenvalue weighted by atomic mass is 15.3. The smallest absolute Gasteiger partial charge is 0.163 e. The zero-order chi connectivity index (χ0) is 16.2. The van der Waals surface area contributed by atoms with Gasteiger partial charge < -0.3 is 10.6 Å². The highest BCUT2D eigenvalue weighted by Gasteiger charge is 2.13. The van der Waals surface area contributed by atoms with Gasteiger partial charge in [-0.05, 0) is 18.4 Å². The summed E-state index contributed by atoms with van der Waals surface area (Å²) in [5.41, 5.74) is 3.31. The number of hydrogen-bond acceptors (Lipinski definition) is 4. The predicted octanol–water partition coefficient (Wildman–Crippen LogP) is 3.90. The van der Waals surface area contributed by atoms with Crippen molar-refractivity contribution >= 4 is 17.3 Å². The Kier molecular flexibility index (Phi) is 4.46. The number of rotatable bonds is 6. The topological polar surface area (TPSA) is 54.2 Å². The fourth-order valence-electron chi connectivity index (χ4n) is 2.57. The lowest BCUT2D eigenvalue weighted by molar-refractivity contribution is 0.871. The standard InChI is InChI=1S/C18H23N5/c1-4-19-16-10-17(20-11-14-8-6-5-7-9-14)23-18(22-16)15(12-21-23)13(2)3/h5-10,12-13,20H,4,11H2,1-3H3,(H,19,22). The zero-order valence-electron chi connectivity index (χ0n) is 13.9. The van der Waals surface area contributed by atoms with Gasteiger partial charge in [0.25, 0.3) is 0 Å². The van der Waals surface area contributed by atoms with Gasteiger partial charge in [0, 0.05) is 24.7 Å². The van der Waals surface area contributed by atoms with Gasteiger partial charge in [0.15, 0.2) is 5.65 Å². The van der Waals surface area contributed by atoms with Crippen LogP contribution in [0.3, 0.4) is 0 Å². The van der Waals surface area contributed by atoms with Gasteiger partial charge in [0.1, 0.15) is 11.6 Å². The van der Waals surface area contributed by atoms with Crippen molar-refractivity contribution in [2.45, 2.75) is 33.2 Å². The van der Waals surface area contributed by atoms with Gasteiger partial charge in [-0.3, -0.25) is 0 Å². The minimum atomic E-state index is 0.388. The van der Waals surface area contributed by atoms with Crippen LogP contribution in [0, 0.1) is 0 Å². The van der Waals surface area contributed by atoms with Gasteiger partial charge in [-0.25, -0.2) is 4.98 Å². The summed E-state index contributed by atoms with van der Waals surface area (Å²) in [6.45, 7) is 7.99. The molecule has 0 amide bonds. The lowest BCUT2D eigenvalue weighted by atomic mass is 10.1. The van der Waals surface area contributed by atoms with E-state index in [-0.39, 0.29) is 0 Å². The van der Waals surface area contributed by atoms with Crippen molar-refractivity contribution in [2.24, 2.45) is 0 Å². The summed E-state index contributed by atoms with van der Waals surface area (Å²) in [6.07, 6.45) is 1.91. The van der Waals surface area contributed by atoms with Crippen LogP contribution in [-0.2, 0) is 6.54 Å². The molecule has 0 aliphatic rings. The monoisotopic (exact) mass is 309 g/mol. The molecule has 5 nitrogen and oxygen atoms in total. The summed E-state index contributed by atoms with van der Waals surface area (Å²) in [7, 11) is 0. The molecule has 1 aromatic carbocycles. The van der Waals surface area contributed by atoms with E-state index < -0.39 is 0 Å². The lowest BCUT2D eigenvalue weighted by Gasteiger charge is -2.12. The van der Waals surface area contributed by atoms with Crippen molar-refractivity contribution in [1.82, 2.24) is 14.6 Å². The maximum atomic E-state index is 4.71. The van der Waals surface area contributed by atoms with Crippen molar-refractivity contribution < 1.29 is 0 Å². The Morgan fingerprint density at radius 3 is 2.61 bits per heavy atom. The Balaban J connectivity index is 1.97.